The maximum atomic E-state index is 12.3. The van der Waals surface area contributed by atoms with E-state index < -0.39 is 0 Å². The van der Waals surface area contributed by atoms with Crippen LogP contribution in [0.5, 0.6) is 5.75 Å². The molecule has 2 atom stereocenters. The van der Waals surface area contributed by atoms with Gasteiger partial charge in [0.15, 0.2) is 0 Å². The lowest BCUT2D eigenvalue weighted by Crippen LogP contribution is -2.45. The highest BCUT2D eigenvalue weighted by atomic mass is 16.5. The number of hydrogen-bond acceptors (Lipinski definition) is 3. The highest BCUT2D eigenvalue weighted by molar-refractivity contribution is 5.90. The first kappa shape index (κ1) is 14.3. The molecule has 2 aliphatic rings. The van der Waals surface area contributed by atoms with Crippen molar-refractivity contribution in [1.82, 2.24) is 0 Å². The summed E-state index contributed by atoms with van der Waals surface area (Å²) in [7, 11) is 1.69. The molecule has 0 unspecified atom stereocenters. The number of carbonyl (C=O) groups is 1. The maximum Gasteiger partial charge on any atom is 0.140 e. The number of nitrogens with zero attached hydrogens (tertiary/aromatic N) is 1. The third-order valence-electron chi connectivity index (χ3n) is 5.18. The van der Waals surface area contributed by atoms with Crippen molar-refractivity contribution >= 4 is 11.5 Å². The summed E-state index contributed by atoms with van der Waals surface area (Å²) in [5.41, 5.74) is 3.64. The van der Waals surface area contributed by atoms with Gasteiger partial charge in [0.2, 0.25) is 0 Å². The number of Topliss-reactive ketones (excluding diaryl/α,β-unsaturated/α-hetero) is 1. The molecule has 1 aliphatic carbocycles. The first-order chi connectivity index (χ1) is 11.3. The Labute approximate surface area is 136 Å². The van der Waals surface area contributed by atoms with Crippen molar-refractivity contribution in [2.45, 2.75) is 37.8 Å². The summed E-state index contributed by atoms with van der Waals surface area (Å²) in [4.78, 5) is 14.8. The largest absolute Gasteiger partial charge is 0.497 e. The van der Waals surface area contributed by atoms with E-state index in [2.05, 4.69) is 41.3 Å². The van der Waals surface area contributed by atoms with E-state index in [9.17, 15) is 4.79 Å². The van der Waals surface area contributed by atoms with Crippen LogP contribution in [0.1, 0.15) is 36.3 Å². The van der Waals surface area contributed by atoms with E-state index in [4.69, 9.17) is 4.74 Å². The van der Waals surface area contributed by atoms with Crippen LogP contribution in [0, 0.1) is 0 Å². The third kappa shape index (κ3) is 2.50. The van der Waals surface area contributed by atoms with Gasteiger partial charge in [0, 0.05) is 36.7 Å². The monoisotopic (exact) mass is 307 g/mol. The Morgan fingerprint density at radius 3 is 2.78 bits per heavy atom. The minimum atomic E-state index is 0.0710. The summed E-state index contributed by atoms with van der Waals surface area (Å²) in [6.07, 6.45) is 2.61. The molecule has 2 bridgehead atoms. The van der Waals surface area contributed by atoms with Gasteiger partial charge in [-0.1, -0.05) is 36.4 Å². The molecular formula is C20H21NO2. The molecule has 0 radical (unpaired) electrons. The van der Waals surface area contributed by atoms with Crippen LogP contribution < -0.4 is 9.64 Å². The standard InChI is InChI=1S/C20H21NO2/c1-23-16-8-9-17-18-11-15(7-10-20(18)22)21(19(17)12-16)13-14-5-3-2-4-6-14/h2-6,8-9,12,15,18H,7,10-11,13H2,1H3/t15-,18+/m1/s1. The molecular weight excluding hydrogens is 286 g/mol. The lowest BCUT2D eigenvalue weighted by Gasteiger charge is -2.45. The van der Waals surface area contributed by atoms with E-state index in [1.54, 1.807) is 7.11 Å². The summed E-state index contributed by atoms with van der Waals surface area (Å²) in [5, 5.41) is 0. The Kier molecular flexibility index (Phi) is 3.56. The number of anilines is 1. The molecule has 0 amide bonds. The van der Waals surface area contributed by atoms with Gasteiger partial charge in [-0.25, -0.2) is 0 Å². The van der Waals surface area contributed by atoms with Crippen LogP contribution >= 0.6 is 0 Å². The van der Waals surface area contributed by atoms with Crippen LogP contribution in [0.2, 0.25) is 0 Å². The summed E-state index contributed by atoms with van der Waals surface area (Å²) in [6, 6.07) is 17.1. The van der Waals surface area contributed by atoms with E-state index in [-0.39, 0.29) is 5.92 Å². The maximum absolute atomic E-state index is 12.3. The van der Waals surface area contributed by atoms with Gasteiger partial charge in [0.1, 0.15) is 11.5 Å². The van der Waals surface area contributed by atoms with Gasteiger partial charge in [0.25, 0.3) is 0 Å². The summed E-state index contributed by atoms with van der Waals surface area (Å²) in [5.74, 6) is 1.32. The van der Waals surface area contributed by atoms with Gasteiger partial charge < -0.3 is 9.64 Å². The second kappa shape index (κ2) is 5.73. The fraction of sp³-hybridized carbons (Fsp3) is 0.350. The molecule has 0 saturated heterocycles. The minimum Gasteiger partial charge on any atom is -0.497 e. The second-order valence-corrected chi connectivity index (χ2v) is 6.49. The zero-order valence-electron chi connectivity index (χ0n) is 13.4. The number of methoxy groups -OCH3 is 1. The smallest absolute Gasteiger partial charge is 0.140 e. The topological polar surface area (TPSA) is 29.5 Å². The van der Waals surface area contributed by atoms with Gasteiger partial charge in [-0.2, -0.15) is 0 Å². The van der Waals surface area contributed by atoms with E-state index in [1.165, 1.54) is 16.8 Å². The average Bonchev–Trinajstić information content (AvgIpc) is 2.61. The fourth-order valence-corrected chi connectivity index (χ4v) is 3.97. The third-order valence-corrected chi connectivity index (χ3v) is 5.18. The summed E-state index contributed by atoms with van der Waals surface area (Å²) < 4.78 is 5.42. The van der Waals surface area contributed by atoms with Gasteiger partial charge in [-0.15, -0.1) is 0 Å². The van der Waals surface area contributed by atoms with Crippen LogP contribution in [0.25, 0.3) is 0 Å². The molecule has 1 aliphatic heterocycles. The van der Waals surface area contributed by atoms with Crippen LogP contribution in [0.3, 0.4) is 0 Å². The van der Waals surface area contributed by atoms with E-state index in [0.717, 1.165) is 25.1 Å². The average molecular weight is 307 g/mol. The van der Waals surface area contributed by atoms with E-state index >= 15 is 0 Å². The summed E-state index contributed by atoms with van der Waals surface area (Å²) in [6.45, 7) is 0.882. The normalized spacial score (nSPS) is 22.7. The second-order valence-electron chi connectivity index (χ2n) is 6.49. The van der Waals surface area contributed by atoms with Crippen LogP contribution in [0.4, 0.5) is 5.69 Å². The Bertz CT molecular complexity index is 726. The molecule has 2 aromatic carbocycles. The molecule has 2 aromatic rings. The quantitative estimate of drug-likeness (QED) is 0.861. The molecule has 0 N–H and O–H groups in total. The molecule has 3 nitrogen and oxygen atoms in total. The van der Waals surface area contributed by atoms with Gasteiger partial charge in [-0.3, -0.25) is 4.79 Å². The molecule has 0 aromatic heterocycles. The number of ketones is 1. The van der Waals surface area contributed by atoms with Crippen molar-refractivity contribution in [2.75, 3.05) is 12.0 Å². The first-order valence-electron chi connectivity index (χ1n) is 8.27. The number of benzene rings is 2. The zero-order valence-corrected chi connectivity index (χ0v) is 13.4. The number of ether oxygens (including phenoxy) is 1. The lowest BCUT2D eigenvalue weighted by molar-refractivity contribution is -0.122. The number of rotatable bonds is 3. The molecule has 3 heteroatoms. The molecule has 4 rings (SSSR count). The summed E-state index contributed by atoms with van der Waals surface area (Å²) >= 11 is 0. The highest BCUT2D eigenvalue weighted by Crippen LogP contribution is 2.45. The Balaban J connectivity index is 1.77. The first-order valence-corrected chi connectivity index (χ1v) is 8.27. The predicted octanol–water partition coefficient (Wildman–Crippen LogP) is 3.92. The molecule has 1 saturated carbocycles. The van der Waals surface area contributed by atoms with Crippen LogP contribution in [-0.4, -0.2) is 18.9 Å². The number of fused-ring (bicyclic) bond motifs is 4. The number of hydrogen-bond donors (Lipinski definition) is 0. The van der Waals surface area contributed by atoms with E-state index in [0.29, 0.717) is 18.2 Å². The minimum absolute atomic E-state index is 0.0710. The number of carbonyl (C=O) groups excluding carboxylic acids is 1. The van der Waals surface area contributed by atoms with Gasteiger partial charge in [0.05, 0.1) is 7.11 Å². The van der Waals surface area contributed by atoms with Gasteiger partial charge in [-0.05, 0) is 30.0 Å². The molecule has 23 heavy (non-hydrogen) atoms. The van der Waals surface area contributed by atoms with Crippen molar-refractivity contribution in [1.29, 1.82) is 0 Å². The molecule has 0 spiro atoms. The Morgan fingerprint density at radius 1 is 1.17 bits per heavy atom. The predicted molar refractivity (Wildman–Crippen MR) is 91.0 cm³/mol. The molecule has 118 valence electrons. The zero-order chi connectivity index (χ0) is 15.8. The molecule has 1 fully saturated rings. The lowest BCUT2D eigenvalue weighted by atomic mass is 9.75. The Morgan fingerprint density at radius 2 is 2.00 bits per heavy atom. The Hall–Kier alpha value is -2.29. The van der Waals surface area contributed by atoms with Crippen molar-refractivity contribution in [2.24, 2.45) is 0 Å². The van der Waals surface area contributed by atoms with Crippen molar-refractivity contribution in [3.8, 4) is 5.75 Å². The van der Waals surface area contributed by atoms with Crippen molar-refractivity contribution in [3.05, 3.63) is 59.7 Å². The van der Waals surface area contributed by atoms with Crippen LogP contribution in [0.15, 0.2) is 48.5 Å². The SMILES string of the molecule is COc1ccc2c(c1)N(Cc1ccccc1)[C@@H]1CCC(=O)[C@H]2C1. The fourth-order valence-electron chi connectivity index (χ4n) is 3.97. The van der Waals surface area contributed by atoms with Crippen molar-refractivity contribution in [3.63, 3.8) is 0 Å². The van der Waals surface area contributed by atoms with Gasteiger partial charge >= 0.3 is 0 Å². The highest BCUT2D eigenvalue weighted by Gasteiger charge is 2.39. The van der Waals surface area contributed by atoms with Crippen LogP contribution in [-0.2, 0) is 11.3 Å². The molecule has 1 heterocycles. The van der Waals surface area contributed by atoms with E-state index in [1.807, 2.05) is 12.1 Å². The van der Waals surface area contributed by atoms with Crippen molar-refractivity contribution < 1.29 is 9.53 Å².